The maximum absolute atomic E-state index is 12.2. The lowest BCUT2D eigenvalue weighted by Crippen LogP contribution is -2.45. The standard InChI is InChI=1S/C13H16F2N4O/c14-12(15)8-19-5-3-9(4-6-19)18-13(20)11-2-1-10(7-16)17-11/h1-2,9,12,17H,3-6,8H2,(H,18,20). The third-order valence-corrected chi connectivity index (χ3v) is 3.37. The Hall–Kier alpha value is -1.94. The van der Waals surface area contributed by atoms with Crippen LogP contribution in [0.2, 0.25) is 0 Å². The summed E-state index contributed by atoms with van der Waals surface area (Å²) in [6.45, 7) is 0.912. The zero-order chi connectivity index (χ0) is 14.5. The lowest BCUT2D eigenvalue weighted by molar-refractivity contribution is 0.0695. The van der Waals surface area contributed by atoms with Gasteiger partial charge in [-0.3, -0.25) is 9.69 Å². The summed E-state index contributed by atoms with van der Waals surface area (Å²) in [5.74, 6) is -0.265. The normalized spacial score (nSPS) is 17.1. The third-order valence-electron chi connectivity index (χ3n) is 3.37. The highest BCUT2D eigenvalue weighted by Gasteiger charge is 2.23. The molecule has 0 unspecified atom stereocenters. The molecule has 20 heavy (non-hydrogen) atoms. The van der Waals surface area contributed by atoms with Gasteiger partial charge in [-0.2, -0.15) is 5.26 Å². The number of alkyl halides is 2. The van der Waals surface area contributed by atoms with Gasteiger partial charge < -0.3 is 10.3 Å². The minimum atomic E-state index is -2.32. The predicted octanol–water partition coefficient (Wildman–Crippen LogP) is 1.35. The Kier molecular flexibility index (Phi) is 4.69. The van der Waals surface area contributed by atoms with Crippen molar-refractivity contribution in [2.24, 2.45) is 0 Å². The average molecular weight is 282 g/mol. The first-order chi connectivity index (χ1) is 9.58. The smallest absolute Gasteiger partial charge is 0.267 e. The number of likely N-dealkylation sites (tertiary alicyclic amines) is 1. The van der Waals surface area contributed by atoms with Crippen LogP contribution in [0.1, 0.15) is 29.0 Å². The van der Waals surface area contributed by atoms with Gasteiger partial charge in [-0.05, 0) is 25.0 Å². The first kappa shape index (κ1) is 14.5. The Morgan fingerprint density at radius 1 is 1.50 bits per heavy atom. The van der Waals surface area contributed by atoms with Crippen LogP contribution in [0.4, 0.5) is 8.78 Å². The fourth-order valence-electron chi connectivity index (χ4n) is 2.31. The average Bonchev–Trinajstić information content (AvgIpc) is 2.89. The van der Waals surface area contributed by atoms with Gasteiger partial charge in [0.25, 0.3) is 12.3 Å². The second-order valence-corrected chi connectivity index (χ2v) is 4.84. The lowest BCUT2D eigenvalue weighted by Gasteiger charge is -2.31. The van der Waals surface area contributed by atoms with Gasteiger partial charge >= 0.3 is 0 Å². The maximum Gasteiger partial charge on any atom is 0.267 e. The van der Waals surface area contributed by atoms with Crippen molar-refractivity contribution in [3.05, 3.63) is 23.5 Å². The molecule has 0 atom stereocenters. The highest BCUT2D eigenvalue weighted by Crippen LogP contribution is 2.12. The van der Waals surface area contributed by atoms with Crippen molar-refractivity contribution in [1.29, 1.82) is 5.26 Å². The molecule has 1 saturated heterocycles. The van der Waals surface area contributed by atoms with E-state index in [0.29, 0.717) is 37.3 Å². The van der Waals surface area contributed by atoms with Crippen molar-refractivity contribution in [1.82, 2.24) is 15.2 Å². The van der Waals surface area contributed by atoms with Crippen molar-refractivity contribution in [2.45, 2.75) is 25.3 Å². The van der Waals surface area contributed by atoms with Crippen LogP contribution in [0.3, 0.4) is 0 Å². The van der Waals surface area contributed by atoms with Crippen LogP contribution in [0.25, 0.3) is 0 Å². The molecule has 1 amide bonds. The molecule has 1 aliphatic rings. The minimum Gasteiger partial charge on any atom is -0.348 e. The van der Waals surface area contributed by atoms with Gasteiger partial charge in [-0.1, -0.05) is 0 Å². The predicted molar refractivity (Wildman–Crippen MR) is 68.4 cm³/mol. The van der Waals surface area contributed by atoms with Crippen LogP contribution in [-0.4, -0.2) is 47.9 Å². The lowest BCUT2D eigenvalue weighted by atomic mass is 10.0. The van der Waals surface area contributed by atoms with E-state index < -0.39 is 6.43 Å². The summed E-state index contributed by atoms with van der Waals surface area (Å²) in [6.07, 6.45) is -1.00. The number of aromatic amines is 1. The minimum absolute atomic E-state index is 0.00902. The van der Waals surface area contributed by atoms with E-state index in [2.05, 4.69) is 10.3 Å². The molecule has 7 heteroatoms. The molecule has 2 rings (SSSR count). The maximum atomic E-state index is 12.2. The molecule has 0 radical (unpaired) electrons. The molecule has 1 aromatic heterocycles. The third kappa shape index (κ3) is 3.78. The van der Waals surface area contributed by atoms with E-state index in [0.717, 1.165) is 0 Å². The molecule has 5 nitrogen and oxygen atoms in total. The van der Waals surface area contributed by atoms with Crippen LogP contribution in [-0.2, 0) is 0 Å². The summed E-state index contributed by atoms with van der Waals surface area (Å²) in [7, 11) is 0. The SMILES string of the molecule is N#Cc1ccc(C(=O)NC2CCN(CC(F)F)CC2)[nH]1. The number of piperidine rings is 1. The molecule has 0 bridgehead atoms. The largest absolute Gasteiger partial charge is 0.348 e. The number of rotatable bonds is 4. The number of nitrogens with zero attached hydrogens (tertiary/aromatic N) is 2. The Bertz CT molecular complexity index is 501. The van der Waals surface area contributed by atoms with E-state index in [9.17, 15) is 13.6 Å². The van der Waals surface area contributed by atoms with Crippen LogP contribution >= 0.6 is 0 Å². The van der Waals surface area contributed by atoms with Crippen molar-refractivity contribution >= 4 is 5.91 Å². The molecule has 2 heterocycles. The van der Waals surface area contributed by atoms with E-state index in [1.807, 2.05) is 6.07 Å². The van der Waals surface area contributed by atoms with E-state index in [1.165, 1.54) is 0 Å². The van der Waals surface area contributed by atoms with Crippen LogP contribution in [0.5, 0.6) is 0 Å². The Morgan fingerprint density at radius 2 is 2.20 bits per heavy atom. The summed E-state index contributed by atoms with van der Waals surface area (Å²) in [5.41, 5.74) is 0.679. The number of H-pyrrole nitrogens is 1. The fourth-order valence-corrected chi connectivity index (χ4v) is 2.31. The summed E-state index contributed by atoms with van der Waals surface area (Å²) >= 11 is 0. The fraction of sp³-hybridized carbons (Fsp3) is 0.538. The van der Waals surface area contributed by atoms with Crippen molar-refractivity contribution < 1.29 is 13.6 Å². The summed E-state index contributed by atoms with van der Waals surface area (Å²) in [5, 5.41) is 11.5. The second kappa shape index (κ2) is 6.48. The van der Waals surface area contributed by atoms with Gasteiger partial charge in [0.1, 0.15) is 17.5 Å². The molecule has 1 aliphatic heterocycles. The number of hydrogen-bond acceptors (Lipinski definition) is 3. The van der Waals surface area contributed by atoms with E-state index in [1.54, 1.807) is 17.0 Å². The summed E-state index contributed by atoms with van der Waals surface area (Å²) < 4.78 is 24.5. The van der Waals surface area contributed by atoms with E-state index in [-0.39, 0.29) is 18.5 Å². The molecule has 0 saturated carbocycles. The van der Waals surface area contributed by atoms with Gasteiger partial charge in [0.2, 0.25) is 0 Å². The summed E-state index contributed by atoms with van der Waals surface area (Å²) in [4.78, 5) is 16.3. The monoisotopic (exact) mass is 282 g/mol. The van der Waals surface area contributed by atoms with Gasteiger partial charge in [0, 0.05) is 19.1 Å². The first-order valence-electron chi connectivity index (χ1n) is 6.49. The Labute approximate surface area is 115 Å². The summed E-state index contributed by atoms with van der Waals surface area (Å²) in [6, 6.07) is 5.00. The van der Waals surface area contributed by atoms with Crippen LogP contribution in [0, 0.1) is 11.3 Å². The molecule has 0 aliphatic carbocycles. The number of carbonyl (C=O) groups excluding carboxylic acids is 1. The molecule has 0 spiro atoms. The second-order valence-electron chi connectivity index (χ2n) is 4.84. The van der Waals surface area contributed by atoms with Crippen molar-refractivity contribution in [2.75, 3.05) is 19.6 Å². The highest BCUT2D eigenvalue weighted by molar-refractivity contribution is 5.92. The van der Waals surface area contributed by atoms with Gasteiger partial charge in [0.15, 0.2) is 0 Å². The van der Waals surface area contributed by atoms with Gasteiger partial charge in [-0.25, -0.2) is 8.78 Å². The van der Waals surface area contributed by atoms with Crippen molar-refractivity contribution in [3.63, 3.8) is 0 Å². The molecule has 2 N–H and O–H groups in total. The van der Waals surface area contributed by atoms with Crippen LogP contribution in [0.15, 0.2) is 12.1 Å². The molecule has 108 valence electrons. The topological polar surface area (TPSA) is 71.9 Å². The molecule has 1 aromatic rings. The number of carbonyl (C=O) groups is 1. The number of amides is 1. The Morgan fingerprint density at radius 3 is 2.75 bits per heavy atom. The molecule has 0 aromatic carbocycles. The zero-order valence-corrected chi connectivity index (χ0v) is 10.9. The number of halogens is 2. The quantitative estimate of drug-likeness (QED) is 0.875. The first-order valence-corrected chi connectivity index (χ1v) is 6.49. The van der Waals surface area contributed by atoms with Crippen LogP contribution < -0.4 is 5.32 Å². The van der Waals surface area contributed by atoms with Gasteiger partial charge in [0.05, 0.1) is 6.54 Å². The molecule has 1 fully saturated rings. The zero-order valence-electron chi connectivity index (χ0n) is 10.9. The molecular weight excluding hydrogens is 266 g/mol. The molecular formula is C13H16F2N4O. The van der Waals surface area contributed by atoms with E-state index >= 15 is 0 Å². The number of hydrogen-bond donors (Lipinski definition) is 2. The van der Waals surface area contributed by atoms with Gasteiger partial charge in [-0.15, -0.1) is 0 Å². The van der Waals surface area contributed by atoms with E-state index in [4.69, 9.17) is 5.26 Å². The number of nitrogens with one attached hydrogen (secondary N) is 2. The highest BCUT2D eigenvalue weighted by atomic mass is 19.3. The number of aromatic nitrogens is 1. The number of nitriles is 1. The Balaban J connectivity index is 1.80. The van der Waals surface area contributed by atoms with Crippen molar-refractivity contribution in [3.8, 4) is 6.07 Å².